The van der Waals surface area contributed by atoms with Crippen LogP contribution in [0.25, 0.3) is 0 Å². The SMILES string of the molecule is CC(C)CN(CCN(C)C)c1ccc(CNC(C)C)cn1. The predicted octanol–water partition coefficient (Wildman–Crippen LogP) is 2.60. The minimum Gasteiger partial charge on any atom is -0.355 e. The van der Waals surface area contributed by atoms with Gasteiger partial charge >= 0.3 is 0 Å². The van der Waals surface area contributed by atoms with Crippen molar-refractivity contribution in [2.45, 2.75) is 40.3 Å². The molecule has 0 unspecified atom stereocenters. The van der Waals surface area contributed by atoms with E-state index in [0.29, 0.717) is 12.0 Å². The maximum atomic E-state index is 4.66. The van der Waals surface area contributed by atoms with Gasteiger partial charge < -0.3 is 15.1 Å². The van der Waals surface area contributed by atoms with Crippen molar-refractivity contribution >= 4 is 5.82 Å². The fourth-order valence-electron chi connectivity index (χ4n) is 2.09. The summed E-state index contributed by atoms with van der Waals surface area (Å²) in [5.41, 5.74) is 1.24. The van der Waals surface area contributed by atoms with Crippen molar-refractivity contribution in [1.29, 1.82) is 0 Å². The Morgan fingerprint density at radius 2 is 1.81 bits per heavy atom. The maximum Gasteiger partial charge on any atom is 0.128 e. The average molecular weight is 292 g/mol. The molecule has 1 N–H and O–H groups in total. The van der Waals surface area contributed by atoms with E-state index in [9.17, 15) is 0 Å². The highest BCUT2D eigenvalue weighted by molar-refractivity contribution is 5.39. The molecule has 0 aromatic carbocycles. The first-order valence-electron chi connectivity index (χ1n) is 7.96. The summed E-state index contributed by atoms with van der Waals surface area (Å²) >= 11 is 0. The minimum atomic E-state index is 0.502. The summed E-state index contributed by atoms with van der Waals surface area (Å²) in [6, 6.07) is 4.83. The largest absolute Gasteiger partial charge is 0.355 e. The van der Waals surface area contributed by atoms with Crippen LogP contribution in [0.1, 0.15) is 33.3 Å². The highest BCUT2D eigenvalue weighted by Gasteiger charge is 2.10. The number of anilines is 1. The van der Waals surface area contributed by atoms with Crippen molar-refractivity contribution in [2.24, 2.45) is 5.92 Å². The lowest BCUT2D eigenvalue weighted by Crippen LogP contribution is -2.35. The predicted molar refractivity (Wildman–Crippen MR) is 91.8 cm³/mol. The molecule has 4 heteroatoms. The van der Waals surface area contributed by atoms with E-state index in [0.717, 1.165) is 32.0 Å². The molecule has 0 aliphatic rings. The monoisotopic (exact) mass is 292 g/mol. The van der Waals surface area contributed by atoms with Gasteiger partial charge in [-0.1, -0.05) is 33.8 Å². The van der Waals surface area contributed by atoms with Crippen LogP contribution < -0.4 is 10.2 Å². The van der Waals surface area contributed by atoms with E-state index in [-0.39, 0.29) is 0 Å². The quantitative estimate of drug-likeness (QED) is 0.758. The number of aromatic nitrogens is 1. The lowest BCUT2D eigenvalue weighted by molar-refractivity contribution is 0.408. The van der Waals surface area contributed by atoms with Crippen molar-refractivity contribution in [1.82, 2.24) is 15.2 Å². The topological polar surface area (TPSA) is 31.4 Å². The van der Waals surface area contributed by atoms with Gasteiger partial charge in [0.1, 0.15) is 5.82 Å². The summed E-state index contributed by atoms with van der Waals surface area (Å²) in [4.78, 5) is 9.25. The first kappa shape index (κ1) is 17.9. The standard InChI is InChI=1S/C17H32N4/c1-14(2)13-21(10-9-20(5)6)17-8-7-16(12-19-17)11-18-15(3)4/h7-8,12,14-15,18H,9-11,13H2,1-6H3. The van der Waals surface area contributed by atoms with Crippen LogP contribution in [0.4, 0.5) is 5.82 Å². The average Bonchev–Trinajstić information content (AvgIpc) is 2.41. The Kier molecular flexibility index (Phi) is 7.68. The van der Waals surface area contributed by atoms with Crippen LogP contribution in [0.3, 0.4) is 0 Å². The molecule has 0 saturated carbocycles. The molecule has 0 radical (unpaired) electrons. The molecule has 0 spiro atoms. The van der Waals surface area contributed by atoms with Crippen LogP contribution >= 0.6 is 0 Å². The van der Waals surface area contributed by atoms with Gasteiger partial charge in [0.25, 0.3) is 0 Å². The zero-order valence-electron chi connectivity index (χ0n) is 14.6. The summed E-state index contributed by atoms with van der Waals surface area (Å²) in [6.07, 6.45) is 1.99. The van der Waals surface area contributed by atoms with E-state index in [2.05, 4.69) is 74.0 Å². The van der Waals surface area contributed by atoms with Crippen LogP contribution in [0, 0.1) is 5.92 Å². The lowest BCUT2D eigenvalue weighted by Gasteiger charge is -2.27. The Morgan fingerprint density at radius 1 is 1.10 bits per heavy atom. The van der Waals surface area contributed by atoms with Crippen molar-refractivity contribution in [3.63, 3.8) is 0 Å². The fraction of sp³-hybridized carbons (Fsp3) is 0.706. The van der Waals surface area contributed by atoms with E-state index < -0.39 is 0 Å². The van der Waals surface area contributed by atoms with E-state index in [1.54, 1.807) is 0 Å². The molecule has 0 amide bonds. The summed E-state index contributed by atoms with van der Waals surface area (Å²) < 4.78 is 0. The number of pyridine rings is 1. The minimum absolute atomic E-state index is 0.502. The molecule has 4 nitrogen and oxygen atoms in total. The Hall–Kier alpha value is -1.13. The molecule has 0 fully saturated rings. The number of nitrogens with zero attached hydrogens (tertiary/aromatic N) is 3. The van der Waals surface area contributed by atoms with E-state index in [1.807, 2.05) is 6.20 Å². The third kappa shape index (κ3) is 7.44. The van der Waals surface area contributed by atoms with Crippen molar-refractivity contribution < 1.29 is 0 Å². The summed E-state index contributed by atoms with van der Waals surface area (Å²) in [6.45, 7) is 12.8. The molecule has 0 saturated heterocycles. The number of nitrogens with one attached hydrogen (secondary N) is 1. The third-order valence-corrected chi connectivity index (χ3v) is 3.25. The molecule has 21 heavy (non-hydrogen) atoms. The third-order valence-electron chi connectivity index (χ3n) is 3.25. The molecule has 0 atom stereocenters. The second-order valence-corrected chi connectivity index (χ2v) is 6.70. The molecule has 1 rings (SSSR count). The Morgan fingerprint density at radius 3 is 2.29 bits per heavy atom. The highest BCUT2D eigenvalue weighted by atomic mass is 15.2. The fourth-order valence-corrected chi connectivity index (χ4v) is 2.09. The van der Waals surface area contributed by atoms with Crippen molar-refractivity contribution in [3.05, 3.63) is 23.9 Å². The van der Waals surface area contributed by atoms with Gasteiger partial charge in [-0.3, -0.25) is 0 Å². The summed E-state index contributed by atoms with van der Waals surface area (Å²) in [5, 5.41) is 3.42. The number of rotatable bonds is 9. The number of hydrogen-bond donors (Lipinski definition) is 1. The van der Waals surface area contributed by atoms with Gasteiger partial charge in [-0.05, 0) is 31.6 Å². The first-order valence-corrected chi connectivity index (χ1v) is 7.96. The van der Waals surface area contributed by atoms with Crippen LogP contribution in [-0.2, 0) is 6.54 Å². The highest BCUT2D eigenvalue weighted by Crippen LogP contribution is 2.13. The summed E-state index contributed by atoms with van der Waals surface area (Å²) in [7, 11) is 4.23. The molecular weight excluding hydrogens is 260 g/mol. The van der Waals surface area contributed by atoms with E-state index in [4.69, 9.17) is 0 Å². The molecule has 0 aliphatic carbocycles. The van der Waals surface area contributed by atoms with Crippen LogP contribution in [0.5, 0.6) is 0 Å². The molecule has 1 aromatic heterocycles. The maximum absolute atomic E-state index is 4.66. The smallest absolute Gasteiger partial charge is 0.128 e. The Bertz CT molecular complexity index is 384. The lowest BCUT2D eigenvalue weighted by atomic mass is 10.2. The van der Waals surface area contributed by atoms with Gasteiger partial charge in [-0.15, -0.1) is 0 Å². The van der Waals surface area contributed by atoms with Crippen molar-refractivity contribution in [3.8, 4) is 0 Å². The number of likely N-dealkylation sites (N-methyl/N-ethyl adjacent to an activating group) is 1. The zero-order chi connectivity index (χ0) is 15.8. The molecule has 0 aliphatic heterocycles. The van der Waals surface area contributed by atoms with Gasteiger partial charge in [0.15, 0.2) is 0 Å². The van der Waals surface area contributed by atoms with E-state index >= 15 is 0 Å². The Balaban J connectivity index is 2.68. The van der Waals surface area contributed by atoms with Crippen LogP contribution in [0.2, 0.25) is 0 Å². The van der Waals surface area contributed by atoms with Crippen molar-refractivity contribution in [2.75, 3.05) is 38.6 Å². The molecular formula is C17H32N4. The van der Waals surface area contributed by atoms with Gasteiger partial charge in [-0.2, -0.15) is 0 Å². The van der Waals surface area contributed by atoms with Gasteiger partial charge in [0.2, 0.25) is 0 Å². The molecule has 1 heterocycles. The van der Waals surface area contributed by atoms with Gasteiger partial charge in [-0.25, -0.2) is 4.98 Å². The Labute approximate surface area is 130 Å². The molecule has 120 valence electrons. The number of hydrogen-bond acceptors (Lipinski definition) is 4. The summed E-state index contributed by atoms with van der Waals surface area (Å²) in [5.74, 6) is 1.72. The second-order valence-electron chi connectivity index (χ2n) is 6.70. The van der Waals surface area contributed by atoms with Gasteiger partial charge in [0, 0.05) is 38.4 Å². The van der Waals surface area contributed by atoms with Crippen LogP contribution in [-0.4, -0.2) is 49.7 Å². The zero-order valence-corrected chi connectivity index (χ0v) is 14.6. The van der Waals surface area contributed by atoms with E-state index in [1.165, 1.54) is 5.56 Å². The normalized spacial score (nSPS) is 11.7. The molecule has 0 bridgehead atoms. The first-order chi connectivity index (χ1) is 9.88. The second kappa shape index (κ2) is 9.00. The molecule has 1 aromatic rings. The van der Waals surface area contributed by atoms with Crippen LogP contribution in [0.15, 0.2) is 18.3 Å². The van der Waals surface area contributed by atoms with Gasteiger partial charge in [0.05, 0.1) is 0 Å².